The van der Waals surface area contributed by atoms with E-state index in [9.17, 15) is 23.0 Å². The number of halogens is 1. The average molecular weight is 465 g/mol. The summed E-state index contributed by atoms with van der Waals surface area (Å²) in [6.07, 6.45) is -1.15. The molecule has 1 aliphatic rings. The van der Waals surface area contributed by atoms with Crippen molar-refractivity contribution >= 4 is 38.8 Å². The Balaban J connectivity index is 1.45. The first kappa shape index (κ1) is 22.0. The highest BCUT2D eigenvalue weighted by molar-refractivity contribution is 7.92. The molecule has 14 heteroatoms. The molecule has 0 aliphatic carbocycles. The molecule has 7 N–H and O–H groups in total. The number of aliphatic hydroxyl groups is 2. The molecule has 170 valence electrons. The van der Waals surface area contributed by atoms with Crippen LogP contribution in [0.25, 0.3) is 17.2 Å². The third-order valence-electron chi connectivity index (χ3n) is 4.96. The Morgan fingerprint density at radius 2 is 2.00 bits per heavy atom. The fourth-order valence-electron chi connectivity index (χ4n) is 3.29. The van der Waals surface area contributed by atoms with Gasteiger partial charge >= 0.3 is 0 Å². The van der Waals surface area contributed by atoms with E-state index >= 15 is 0 Å². The summed E-state index contributed by atoms with van der Waals surface area (Å²) in [5, 5.41) is 21.6. The summed E-state index contributed by atoms with van der Waals surface area (Å²) in [6, 6.07) is 3.56. The van der Waals surface area contributed by atoms with Gasteiger partial charge in [-0.05, 0) is 29.8 Å². The number of rotatable bonds is 6. The van der Waals surface area contributed by atoms with Gasteiger partial charge in [0.1, 0.15) is 36.0 Å². The number of nitrogen functional groups attached to an aromatic ring is 2. The number of nitrogens with zero attached hydrogens (tertiary/aromatic N) is 4. The van der Waals surface area contributed by atoms with Crippen molar-refractivity contribution in [1.82, 2.24) is 24.2 Å². The van der Waals surface area contributed by atoms with Crippen molar-refractivity contribution in [3.63, 3.8) is 0 Å². The second-order valence-electron chi connectivity index (χ2n) is 7.10. The zero-order valence-electron chi connectivity index (χ0n) is 16.4. The Kier molecular flexibility index (Phi) is 5.79. The van der Waals surface area contributed by atoms with Gasteiger partial charge in [0, 0.05) is 17.6 Å². The molecule has 1 saturated heterocycles. The Morgan fingerprint density at radius 1 is 1.22 bits per heavy atom. The topological polar surface area (TPSA) is 191 Å². The highest BCUT2D eigenvalue weighted by Gasteiger charge is 2.44. The van der Waals surface area contributed by atoms with Gasteiger partial charge in [-0.1, -0.05) is 0 Å². The Labute approximate surface area is 181 Å². The van der Waals surface area contributed by atoms with Crippen LogP contribution in [0.3, 0.4) is 0 Å². The first-order valence-electron chi connectivity index (χ1n) is 9.33. The molecule has 3 aromatic rings. The first-order valence-corrected chi connectivity index (χ1v) is 10.9. The minimum Gasteiger partial charge on any atom is -0.398 e. The van der Waals surface area contributed by atoms with Gasteiger partial charge in [-0.25, -0.2) is 32.5 Å². The van der Waals surface area contributed by atoms with E-state index < -0.39 is 40.4 Å². The first-order chi connectivity index (χ1) is 15.2. The van der Waals surface area contributed by atoms with Crippen molar-refractivity contribution in [3.8, 4) is 0 Å². The van der Waals surface area contributed by atoms with Crippen molar-refractivity contribution in [2.24, 2.45) is 0 Å². The van der Waals surface area contributed by atoms with Crippen LogP contribution in [-0.2, 0) is 14.8 Å². The number of anilines is 2. The molecule has 12 nitrogen and oxygen atoms in total. The SMILES string of the molecule is Nc1cc(F)ccc1/C=C/S(=O)(=O)NC[C@H]1O[C@@H](n2cnc3c(N)ncnc32)[C@H](O)[C@@H]1O. The number of hydrogen-bond acceptors (Lipinski definition) is 10. The Hall–Kier alpha value is -3.17. The van der Waals surface area contributed by atoms with Gasteiger partial charge in [-0.15, -0.1) is 0 Å². The molecule has 0 saturated carbocycles. The van der Waals surface area contributed by atoms with E-state index in [2.05, 4.69) is 19.7 Å². The number of hydrogen-bond donors (Lipinski definition) is 5. The van der Waals surface area contributed by atoms with E-state index in [0.29, 0.717) is 11.1 Å². The lowest BCUT2D eigenvalue weighted by molar-refractivity contribution is -0.0329. The average Bonchev–Trinajstić information content (AvgIpc) is 3.28. The summed E-state index contributed by atoms with van der Waals surface area (Å²) in [6.45, 7) is -0.329. The molecule has 0 bridgehead atoms. The molecule has 1 aromatic carbocycles. The zero-order chi connectivity index (χ0) is 23.0. The van der Waals surface area contributed by atoms with Gasteiger partial charge in [0.05, 0.1) is 6.33 Å². The van der Waals surface area contributed by atoms with Crippen molar-refractivity contribution in [3.05, 3.63) is 47.6 Å². The van der Waals surface area contributed by atoms with E-state index in [1.54, 1.807) is 0 Å². The van der Waals surface area contributed by atoms with Crippen molar-refractivity contribution in [2.45, 2.75) is 24.5 Å². The number of sulfonamides is 1. The summed E-state index contributed by atoms with van der Waals surface area (Å²) < 4.78 is 47.0. The molecule has 32 heavy (non-hydrogen) atoms. The van der Waals surface area contributed by atoms with Crippen LogP contribution in [0.4, 0.5) is 15.9 Å². The van der Waals surface area contributed by atoms with Crippen LogP contribution in [0, 0.1) is 5.82 Å². The molecule has 0 unspecified atom stereocenters. The Morgan fingerprint density at radius 3 is 2.75 bits per heavy atom. The van der Waals surface area contributed by atoms with Crippen LogP contribution in [-0.4, -0.2) is 63.0 Å². The van der Waals surface area contributed by atoms with Gasteiger partial charge in [0.25, 0.3) is 0 Å². The molecule has 3 heterocycles. The molecule has 4 atom stereocenters. The predicted molar refractivity (Wildman–Crippen MR) is 112 cm³/mol. The zero-order valence-corrected chi connectivity index (χ0v) is 17.2. The van der Waals surface area contributed by atoms with Gasteiger partial charge in [-0.2, -0.15) is 0 Å². The highest BCUT2D eigenvalue weighted by Crippen LogP contribution is 2.31. The molecule has 1 aliphatic heterocycles. The minimum absolute atomic E-state index is 0.0777. The number of imidazole rings is 1. The largest absolute Gasteiger partial charge is 0.398 e. The van der Waals surface area contributed by atoms with Crippen molar-refractivity contribution in [2.75, 3.05) is 18.0 Å². The van der Waals surface area contributed by atoms with Crippen molar-refractivity contribution < 1.29 is 27.8 Å². The summed E-state index contributed by atoms with van der Waals surface area (Å²) in [5.41, 5.74) is 12.4. The number of aromatic nitrogens is 4. The van der Waals surface area contributed by atoms with E-state index in [4.69, 9.17) is 16.2 Å². The van der Waals surface area contributed by atoms with Gasteiger partial charge in [0.2, 0.25) is 10.0 Å². The van der Waals surface area contributed by atoms with E-state index in [1.807, 2.05) is 0 Å². The molecular weight excluding hydrogens is 445 g/mol. The number of aliphatic hydroxyl groups excluding tert-OH is 2. The van der Waals surface area contributed by atoms with Crippen LogP contribution < -0.4 is 16.2 Å². The minimum atomic E-state index is -3.96. The molecule has 0 spiro atoms. The standard InChI is InChI=1S/C18H20FN7O5S/c19-10-2-1-9(11(20)5-10)3-4-32(29,30)25-6-12-14(27)15(28)18(31-12)26-8-24-13-16(21)22-7-23-17(13)26/h1-5,7-8,12,14-15,18,25,27-28H,6,20H2,(H2,21,22,23)/b4-3+/t12-,14-,15-,18-/m1/s1. The van der Waals surface area contributed by atoms with Gasteiger partial charge in [-0.3, -0.25) is 4.57 Å². The normalized spacial score (nSPS) is 24.0. The van der Waals surface area contributed by atoms with Crippen LogP contribution >= 0.6 is 0 Å². The second kappa shape index (κ2) is 8.40. The van der Waals surface area contributed by atoms with Crippen molar-refractivity contribution in [1.29, 1.82) is 0 Å². The number of nitrogens with two attached hydrogens (primary N) is 2. The highest BCUT2D eigenvalue weighted by atomic mass is 32.2. The maximum atomic E-state index is 13.1. The third kappa shape index (κ3) is 4.26. The number of nitrogens with one attached hydrogen (secondary N) is 1. The van der Waals surface area contributed by atoms with Crippen LogP contribution in [0.15, 0.2) is 36.3 Å². The molecule has 0 radical (unpaired) electrons. The predicted octanol–water partition coefficient (Wildman–Crippen LogP) is -0.661. The maximum absolute atomic E-state index is 13.1. The number of fused-ring (bicyclic) bond motifs is 1. The van der Waals surface area contributed by atoms with Crippen LogP contribution in [0.5, 0.6) is 0 Å². The van der Waals surface area contributed by atoms with Gasteiger partial charge in [0.15, 0.2) is 17.7 Å². The number of benzene rings is 1. The lowest BCUT2D eigenvalue weighted by Gasteiger charge is -2.16. The second-order valence-corrected chi connectivity index (χ2v) is 8.75. The van der Waals surface area contributed by atoms with Crippen LogP contribution in [0.2, 0.25) is 0 Å². The number of ether oxygens (including phenoxy) is 1. The summed E-state index contributed by atoms with van der Waals surface area (Å²) in [5.74, 6) is -0.402. The quantitative estimate of drug-likeness (QED) is 0.292. The monoisotopic (exact) mass is 465 g/mol. The molecule has 4 rings (SSSR count). The lowest BCUT2D eigenvalue weighted by Crippen LogP contribution is -2.39. The smallest absolute Gasteiger partial charge is 0.233 e. The maximum Gasteiger partial charge on any atom is 0.233 e. The van der Waals surface area contributed by atoms with E-state index in [-0.39, 0.29) is 23.7 Å². The molecule has 1 fully saturated rings. The lowest BCUT2D eigenvalue weighted by atomic mass is 10.1. The fourth-order valence-corrected chi connectivity index (χ4v) is 4.11. The molecule has 0 amide bonds. The Bertz CT molecular complexity index is 1280. The molecular formula is C18H20FN7O5S. The summed E-state index contributed by atoms with van der Waals surface area (Å²) in [4.78, 5) is 12.0. The third-order valence-corrected chi connectivity index (χ3v) is 6.02. The molecule has 2 aromatic heterocycles. The van der Waals surface area contributed by atoms with Crippen LogP contribution in [0.1, 0.15) is 11.8 Å². The van der Waals surface area contributed by atoms with E-state index in [0.717, 1.165) is 17.5 Å². The fraction of sp³-hybridized carbons (Fsp3) is 0.278. The van der Waals surface area contributed by atoms with E-state index in [1.165, 1.54) is 29.4 Å². The summed E-state index contributed by atoms with van der Waals surface area (Å²) in [7, 11) is -3.96. The van der Waals surface area contributed by atoms with Gasteiger partial charge < -0.3 is 26.4 Å². The summed E-state index contributed by atoms with van der Waals surface area (Å²) >= 11 is 0.